The van der Waals surface area contributed by atoms with Crippen molar-refractivity contribution in [1.82, 2.24) is 10.3 Å². The Morgan fingerprint density at radius 2 is 1.78 bits per heavy atom. The Kier molecular flexibility index (Phi) is 7.12. The van der Waals surface area contributed by atoms with Gasteiger partial charge in [-0.1, -0.05) is 55.3 Å². The molecule has 1 aromatic heterocycles. The average Bonchev–Trinajstić information content (AvgIpc) is 2.50. The lowest BCUT2D eigenvalue weighted by Crippen LogP contribution is -2.38. The topological polar surface area (TPSA) is 68.3 Å². The van der Waals surface area contributed by atoms with E-state index in [0.717, 1.165) is 25.7 Å². The number of pyridine rings is 1. The van der Waals surface area contributed by atoms with Gasteiger partial charge < -0.3 is 10.1 Å². The predicted octanol–water partition coefficient (Wildman–Crippen LogP) is 3.77. The van der Waals surface area contributed by atoms with Crippen molar-refractivity contribution in [2.45, 2.75) is 51.0 Å². The number of hydrogen-bond acceptors (Lipinski definition) is 4. The van der Waals surface area contributed by atoms with Crippen molar-refractivity contribution in [3.8, 4) is 0 Å². The molecule has 0 radical (unpaired) electrons. The van der Waals surface area contributed by atoms with E-state index in [1.807, 2.05) is 0 Å². The van der Waals surface area contributed by atoms with Gasteiger partial charge in [0.05, 0.1) is 5.02 Å². The monoisotopic (exact) mass is 358 g/mol. The molecule has 1 aliphatic carbocycles. The number of ether oxygens (including phenoxy) is 1. The number of esters is 1. The molecule has 5 nitrogen and oxygen atoms in total. The van der Waals surface area contributed by atoms with Gasteiger partial charge in [0, 0.05) is 6.04 Å². The Morgan fingerprint density at radius 1 is 1.13 bits per heavy atom. The minimum Gasteiger partial charge on any atom is -0.451 e. The second-order valence-electron chi connectivity index (χ2n) is 5.65. The van der Waals surface area contributed by atoms with Crippen molar-refractivity contribution in [1.29, 1.82) is 0 Å². The van der Waals surface area contributed by atoms with Crippen LogP contribution in [0.5, 0.6) is 0 Å². The maximum Gasteiger partial charge on any atom is 0.359 e. The number of nitrogens with one attached hydrogen (secondary N) is 1. The fourth-order valence-corrected chi connectivity index (χ4v) is 2.96. The lowest BCUT2D eigenvalue weighted by Gasteiger charge is -2.20. The number of aromatic nitrogens is 1. The van der Waals surface area contributed by atoms with Crippen molar-refractivity contribution in [3.63, 3.8) is 0 Å². The molecule has 1 heterocycles. The third-order valence-electron chi connectivity index (χ3n) is 3.81. The number of hydrogen-bond donors (Lipinski definition) is 1. The molecule has 0 aromatic carbocycles. The highest BCUT2D eigenvalue weighted by atomic mass is 35.5. The van der Waals surface area contributed by atoms with Gasteiger partial charge in [0.2, 0.25) is 0 Å². The van der Waals surface area contributed by atoms with Crippen molar-refractivity contribution in [2.24, 2.45) is 0 Å². The fourth-order valence-electron chi connectivity index (χ4n) is 2.63. The zero-order chi connectivity index (χ0) is 16.7. The first-order chi connectivity index (χ1) is 11.1. The number of carbonyl (C=O) groups is 2. The van der Waals surface area contributed by atoms with E-state index in [-0.39, 0.29) is 34.4 Å². The molecule has 0 saturated heterocycles. The number of carbonyl (C=O) groups excluding carboxylic acids is 2. The number of nitrogens with zero attached hydrogens (tertiary/aromatic N) is 1. The Labute approximate surface area is 145 Å². The lowest BCUT2D eigenvalue weighted by molar-refractivity contribution is -0.125. The van der Waals surface area contributed by atoms with E-state index in [0.29, 0.717) is 0 Å². The standard InChI is InChI=1S/C16H20Cl2N2O3/c17-12-8-9-13(18)20-15(12)16(22)23-10-14(21)19-11-6-4-2-1-3-5-7-11/h8-9,11H,1-7,10H2,(H,19,21). The van der Waals surface area contributed by atoms with Crippen LogP contribution in [0.15, 0.2) is 12.1 Å². The van der Waals surface area contributed by atoms with Crippen LogP contribution >= 0.6 is 23.2 Å². The van der Waals surface area contributed by atoms with E-state index in [4.69, 9.17) is 27.9 Å². The van der Waals surface area contributed by atoms with Crippen molar-refractivity contribution in [2.75, 3.05) is 6.61 Å². The molecular weight excluding hydrogens is 339 g/mol. The molecule has 0 bridgehead atoms. The van der Waals surface area contributed by atoms with E-state index in [2.05, 4.69) is 10.3 Å². The summed E-state index contributed by atoms with van der Waals surface area (Å²) in [7, 11) is 0. The van der Waals surface area contributed by atoms with E-state index in [1.54, 1.807) is 0 Å². The highest BCUT2D eigenvalue weighted by molar-refractivity contribution is 6.34. The summed E-state index contributed by atoms with van der Waals surface area (Å²) in [5.41, 5.74) is -0.0853. The zero-order valence-corrected chi connectivity index (χ0v) is 14.3. The first-order valence-electron chi connectivity index (χ1n) is 7.85. The molecule has 0 aliphatic heterocycles. The highest BCUT2D eigenvalue weighted by Crippen LogP contribution is 2.18. The highest BCUT2D eigenvalue weighted by Gasteiger charge is 2.18. The molecule has 23 heavy (non-hydrogen) atoms. The van der Waals surface area contributed by atoms with E-state index in [9.17, 15) is 9.59 Å². The fraction of sp³-hybridized carbons (Fsp3) is 0.562. The van der Waals surface area contributed by atoms with E-state index >= 15 is 0 Å². The van der Waals surface area contributed by atoms with Crippen molar-refractivity contribution < 1.29 is 14.3 Å². The van der Waals surface area contributed by atoms with Crippen LogP contribution in [0.2, 0.25) is 10.2 Å². The van der Waals surface area contributed by atoms with Crippen molar-refractivity contribution >= 4 is 35.1 Å². The van der Waals surface area contributed by atoms with Crippen LogP contribution in [-0.4, -0.2) is 29.5 Å². The molecular formula is C16H20Cl2N2O3. The lowest BCUT2D eigenvalue weighted by atomic mass is 9.97. The van der Waals surface area contributed by atoms with Crippen LogP contribution in [0.25, 0.3) is 0 Å². The Bertz CT molecular complexity index is 558. The van der Waals surface area contributed by atoms with Crippen LogP contribution in [0, 0.1) is 0 Å². The zero-order valence-electron chi connectivity index (χ0n) is 12.8. The molecule has 126 valence electrons. The van der Waals surface area contributed by atoms with Gasteiger partial charge >= 0.3 is 5.97 Å². The van der Waals surface area contributed by atoms with Crippen molar-refractivity contribution in [3.05, 3.63) is 28.0 Å². The maximum absolute atomic E-state index is 11.9. The van der Waals surface area contributed by atoms with Crippen LogP contribution in [0.3, 0.4) is 0 Å². The molecule has 1 N–H and O–H groups in total. The molecule has 1 amide bonds. The summed E-state index contributed by atoms with van der Waals surface area (Å²) in [5.74, 6) is -1.06. The number of amides is 1. The smallest absolute Gasteiger partial charge is 0.359 e. The Hall–Kier alpha value is -1.33. The summed E-state index contributed by atoms with van der Waals surface area (Å²) in [6.07, 6.45) is 7.87. The van der Waals surface area contributed by atoms with Gasteiger partial charge in [-0.3, -0.25) is 4.79 Å². The van der Waals surface area contributed by atoms with Gasteiger partial charge in [0.1, 0.15) is 5.15 Å². The summed E-state index contributed by atoms with van der Waals surface area (Å²) in [5, 5.41) is 3.20. The second-order valence-corrected chi connectivity index (χ2v) is 6.44. The molecule has 0 atom stereocenters. The molecule has 1 aromatic rings. The normalized spacial score (nSPS) is 16.3. The molecule has 2 rings (SSSR count). The number of rotatable bonds is 4. The van der Waals surface area contributed by atoms with Crippen LogP contribution in [0.1, 0.15) is 55.4 Å². The molecule has 7 heteroatoms. The van der Waals surface area contributed by atoms with Gasteiger partial charge in [0.15, 0.2) is 12.3 Å². The van der Waals surface area contributed by atoms with Gasteiger partial charge in [-0.2, -0.15) is 0 Å². The third kappa shape index (κ3) is 5.99. The van der Waals surface area contributed by atoms with Gasteiger partial charge in [0.25, 0.3) is 5.91 Å². The maximum atomic E-state index is 11.9. The Balaban J connectivity index is 1.81. The average molecular weight is 359 g/mol. The van der Waals surface area contributed by atoms with Crippen LogP contribution in [-0.2, 0) is 9.53 Å². The molecule has 0 spiro atoms. The third-order valence-corrected chi connectivity index (χ3v) is 4.33. The van der Waals surface area contributed by atoms with E-state index < -0.39 is 5.97 Å². The summed E-state index contributed by atoms with van der Waals surface area (Å²) in [6, 6.07) is 3.10. The molecule has 1 fully saturated rings. The van der Waals surface area contributed by atoms with Gasteiger partial charge in [-0.15, -0.1) is 0 Å². The minimum absolute atomic E-state index is 0.0853. The second kappa shape index (κ2) is 9.08. The molecule has 1 aliphatic rings. The molecule has 0 unspecified atom stereocenters. The minimum atomic E-state index is -0.759. The van der Waals surface area contributed by atoms with Gasteiger partial charge in [-0.25, -0.2) is 9.78 Å². The largest absolute Gasteiger partial charge is 0.451 e. The summed E-state index contributed by atoms with van der Waals surface area (Å²) >= 11 is 11.6. The van der Waals surface area contributed by atoms with Gasteiger partial charge in [-0.05, 0) is 25.0 Å². The summed E-state index contributed by atoms with van der Waals surface area (Å²) in [4.78, 5) is 27.7. The predicted molar refractivity (Wildman–Crippen MR) is 88.8 cm³/mol. The Morgan fingerprint density at radius 3 is 2.48 bits per heavy atom. The molecule has 1 saturated carbocycles. The first-order valence-corrected chi connectivity index (χ1v) is 8.60. The summed E-state index contributed by atoms with van der Waals surface area (Å²) in [6.45, 7) is -0.347. The van der Waals surface area contributed by atoms with Crippen LogP contribution in [0.4, 0.5) is 0 Å². The SMILES string of the molecule is O=C(COC(=O)c1nc(Cl)ccc1Cl)NC1CCCCCCC1. The van der Waals surface area contributed by atoms with Crippen LogP contribution < -0.4 is 5.32 Å². The quantitative estimate of drug-likeness (QED) is 0.656. The van der Waals surface area contributed by atoms with E-state index in [1.165, 1.54) is 31.4 Å². The summed E-state index contributed by atoms with van der Waals surface area (Å²) < 4.78 is 4.97. The number of halogens is 2. The first kappa shape index (κ1) is 18.0.